The molecule has 0 unspecified atom stereocenters. The summed E-state index contributed by atoms with van der Waals surface area (Å²) in [5, 5.41) is 0. The minimum atomic E-state index is -0.152. The van der Waals surface area contributed by atoms with E-state index >= 15 is 0 Å². The van der Waals surface area contributed by atoms with E-state index in [0.29, 0.717) is 11.5 Å². The van der Waals surface area contributed by atoms with Crippen molar-refractivity contribution in [2.75, 3.05) is 14.2 Å². The zero-order chi connectivity index (χ0) is 18.0. The second-order valence-electron chi connectivity index (χ2n) is 5.83. The lowest BCUT2D eigenvalue weighted by atomic mass is 10.1. The number of allylic oxidation sites excluding steroid dienone is 1. The maximum absolute atomic E-state index is 12.5. The molecule has 0 saturated carbocycles. The number of aromatic nitrogens is 2. The number of hydrogen-bond acceptors (Lipinski definition) is 4. The minimum absolute atomic E-state index is 0.152. The lowest BCUT2D eigenvalue weighted by Gasteiger charge is -2.07. The van der Waals surface area contributed by atoms with Crippen molar-refractivity contribution in [1.82, 2.24) is 9.55 Å². The Bertz CT molecular complexity index is 970. The van der Waals surface area contributed by atoms with Crippen molar-refractivity contribution >= 4 is 23.0 Å². The van der Waals surface area contributed by atoms with Crippen LogP contribution >= 0.6 is 0 Å². The number of carbonyl (C=O) groups is 1. The molecule has 0 aliphatic rings. The van der Waals surface area contributed by atoms with Gasteiger partial charge in [-0.1, -0.05) is 6.07 Å². The van der Waals surface area contributed by atoms with E-state index in [-0.39, 0.29) is 5.91 Å². The number of rotatable bonds is 4. The molecule has 5 heteroatoms. The topological polar surface area (TPSA) is 53.4 Å². The summed E-state index contributed by atoms with van der Waals surface area (Å²) in [6, 6.07) is 9.47. The Balaban J connectivity index is 1.90. The first-order chi connectivity index (χ1) is 12.0. The molecule has 0 amide bonds. The fraction of sp³-hybridized carbons (Fsp3) is 0.200. The van der Waals surface area contributed by atoms with Crippen molar-refractivity contribution < 1.29 is 14.3 Å². The molecule has 3 aromatic rings. The molecule has 0 radical (unpaired) electrons. The molecule has 2 aromatic carbocycles. The number of nitrogens with zero attached hydrogens (tertiary/aromatic N) is 2. The fourth-order valence-electron chi connectivity index (χ4n) is 2.64. The van der Waals surface area contributed by atoms with Crippen LogP contribution in [0.2, 0.25) is 0 Å². The second kappa shape index (κ2) is 6.81. The van der Waals surface area contributed by atoms with E-state index in [1.165, 1.54) is 6.08 Å². The van der Waals surface area contributed by atoms with Gasteiger partial charge in [0.25, 0.3) is 5.91 Å². The van der Waals surface area contributed by atoms with E-state index < -0.39 is 0 Å². The predicted octanol–water partition coefficient (Wildman–Crippen LogP) is 4.02. The van der Waals surface area contributed by atoms with Crippen molar-refractivity contribution in [2.45, 2.75) is 13.8 Å². The van der Waals surface area contributed by atoms with Crippen molar-refractivity contribution in [3.05, 3.63) is 59.4 Å². The van der Waals surface area contributed by atoms with Gasteiger partial charge in [-0.25, -0.2) is 4.98 Å². The molecule has 128 valence electrons. The lowest BCUT2D eigenvalue weighted by Crippen LogP contribution is -2.05. The molecule has 0 fully saturated rings. The number of hydrogen-bond donors (Lipinski definition) is 0. The van der Waals surface area contributed by atoms with Crippen LogP contribution in [0.5, 0.6) is 11.5 Å². The fourth-order valence-corrected chi connectivity index (χ4v) is 2.64. The van der Waals surface area contributed by atoms with Crippen LogP contribution in [0.3, 0.4) is 0 Å². The highest BCUT2D eigenvalue weighted by Gasteiger charge is 2.09. The van der Waals surface area contributed by atoms with Crippen molar-refractivity contribution in [2.24, 2.45) is 0 Å². The van der Waals surface area contributed by atoms with Crippen LogP contribution in [0, 0.1) is 13.8 Å². The van der Waals surface area contributed by atoms with E-state index in [4.69, 9.17) is 9.47 Å². The number of carbonyl (C=O) groups excluding carboxylic acids is 1. The molecule has 1 heterocycles. The largest absolute Gasteiger partial charge is 0.493 e. The molecule has 0 atom stereocenters. The molecule has 3 rings (SSSR count). The molecule has 0 aliphatic carbocycles. The number of aryl methyl sites for hydroxylation is 2. The Morgan fingerprint density at radius 3 is 2.48 bits per heavy atom. The van der Waals surface area contributed by atoms with Crippen LogP contribution in [-0.4, -0.2) is 29.7 Å². The highest BCUT2D eigenvalue weighted by Crippen LogP contribution is 2.28. The van der Waals surface area contributed by atoms with Gasteiger partial charge in [0.1, 0.15) is 6.33 Å². The SMILES string of the molecule is COc1ccc(/C=C/C(=O)n2cnc3cc(C)c(C)cc32)cc1OC. The van der Waals surface area contributed by atoms with Crippen LogP contribution in [0.15, 0.2) is 42.7 Å². The first-order valence-corrected chi connectivity index (χ1v) is 7.92. The number of ether oxygens (including phenoxy) is 2. The summed E-state index contributed by atoms with van der Waals surface area (Å²) in [6.07, 6.45) is 4.83. The summed E-state index contributed by atoms with van der Waals surface area (Å²) < 4.78 is 12.0. The first-order valence-electron chi connectivity index (χ1n) is 7.92. The van der Waals surface area contributed by atoms with Crippen LogP contribution in [0.4, 0.5) is 0 Å². The van der Waals surface area contributed by atoms with Gasteiger partial charge in [0.2, 0.25) is 0 Å². The Hall–Kier alpha value is -3.08. The van der Waals surface area contributed by atoms with Crippen molar-refractivity contribution in [3.63, 3.8) is 0 Å². The van der Waals surface area contributed by atoms with Gasteiger partial charge < -0.3 is 9.47 Å². The summed E-state index contributed by atoms with van der Waals surface area (Å²) in [5.41, 5.74) is 4.76. The average Bonchev–Trinajstić information content (AvgIpc) is 3.02. The molecule has 0 aliphatic heterocycles. The Morgan fingerprint density at radius 1 is 1.04 bits per heavy atom. The van der Waals surface area contributed by atoms with E-state index in [1.807, 2.05) is 44.2 Å². The van der Waals surface area contributed by atoms with Gasteiger partial charge in [-0.15, -0.1) is 0 Å². The molecule has 25 heavy (non-hydrogen) atoms. The average molecular weight is 336 g/mol. The predicted molar refractivity (Wildman–Crippen MR) is 98.4 cm³/mol. The number of benzene rings is 2. The normalized spacial score (nSPS) is 11.2. The van der Waals surface area contributed by atoms with E-state index in [1.54, 1.807) is 31.2 Å². The van der Waals surface area contributed by atoms with Crippen LogP contribution in [0.25, 0.3) is 17.1 Å². The van der Waals surface area contributed by atoms with Gasteiger partial charge in [-0.3, -0.25) is 9.36 Å². The van der Waals surface area contributed by atoms with Gasteiger partial charge in [0.15, 0.2) is 11.5 Å². The van der Waals surface area contributed by atoms with E-state index in [0.717, 1.165) is 27.7 Å². The van der Waals surface area contributed by atoms with Gasteiger partial charge in [0, 0.05) is 6.08 Å². The molecule has 0 N–H and O–H groups in total. The third-order valence-electron chi connectivity index (χ3n) is 4.23. The Morgan fingerprint density at radius 2 is 1.76 bits per heavy atom. The smallest absolute Gasteiger partial charge is 0.256 e. The minimum Gasteiger partial charge on any atom is -0.493 e. The monoisotopic (exact) mass is 336 g/mol. The molecule has 0 bridgehead atoms. The Labute approximate surface area is 146 Å². The Kier molecular flexibility index (Phi) is 4.57. The summed E-state index contributed by atoms with van der Waals surface area (Å²) in [4.78, 5) is 16.9. The third-order valence-corrected chi connectivity index (χ3v) is 4.23. The quantitative estimate of drug-likeness (QED) is 0.675. The molecule has 0 spiro atoms. The maximum atomic E-state index is 12.5. The second-order valence-corrected chi connectivity index (χ2v) is 5.83. The number of imidazole rings is 1. The molecule has 0 saturated heterocycles. The molecule has 5 nitrogen and oxygen atoms in total. The zero-order valence-corrected chi connectivity index (χ0v) is 14.7. The van der Waals surface area contributed by atoms with Crippen LogP contribution in [0.1, 0.15) is 21.5 Å². The van der Waals surface area contributed by atoms with Gasteiger partial charge in [0.05, 0.1) is 25.3 Å². The van der Waals surface area contributed by atoms with E-state index in [2.05, 4.69) is 4.98 Å². The van der Waals surface area contributed by atoms with E-state index in [9.17, 15) is 4.79 Å². The maximum Gasteiger partial charge on any atom is 0.256 e. The lowest BCUT2D eigenvalue weighted by molar-refractivity contribution is 0.0974. The van der Waals surface area contributed by atoms with Crippen LogP contribution < -0.4 is 9.47 Å². The summed E-state index contributed by atoms with van der Waals surface area (Å²) in [5.74, 6) is 1.12. The summed E-state index contributed by atoms with van der Waals surface area (Å²) >= 11 is 0. The summed E-state index contributed by atoms with van der Waals surface area (Å²) in [7, 11) is 3.17. The van der Waals surface area contributed by atoms with Crippen LogP contribution in [-0.2, 0) is 0 Å². The molecule has 1 aromatic heterocycles. The first kappa shape index (κ1) is 16.8. The molecular formula is C20H20N2O3. The zero-order valence-electron chi connectivity index (χ0n) is 14.7. The van der Waals surface area contributed by atoms with Gasteiger partial charge >= 0.3 is 0 Å². The van der Waals surface area contributed by atoms with Crippen molar-refractivity contribution in [3.8, 4) is 11.5 Å². The third kappa shape index (κ3) is 3.26. The highest BCUT2D eigenvalue weighted by atomic mass is 16.5. The van der Waals surface area contributed by atoms with Gasteiger partial charge in [-0.05, 0) is 60.9 Å². The summed E-state index contributed by atoms with van der Waals surface area (Å²) in [6.45, 7) is 4.06. The number of methoxy groups -OCH3 is 2. The highest BCUT2D eigenvalue weighted by molar-refractivity contribution is 5.99. The number of fused-ring (bicyclic) bond motifs is 1. The van der Waals surface area contributed by atoms with Gasteiger partial charge in [-0.2, -0.15) is 0 Å². The standard InChI is InChI=1S/C20H20N2O3/c1-13-9-16-17(10-14(13)2)22(12-21-16)20(23)8-6-15-5-7-18(24-3)19(11-15)25-4/h5-12H,1-4H3/b8-6+. The van der Waals surface area contributed by atoms with Crippen molar-refractivity contribution in [1.29, 1.82) is 0 Å². The molecular weight excluding hydrogens is 316 g/mol.